The van der Waals surface area contributed by atoms with Gasteiger partial charge in [-0.2, -0.15) is 13.2 Å². The van der Waals surface area contributed by atoms with Gasteiger partial charge in [0, 0.05) is 13.6 Å². The zero-order valence-corrected chi connectivity index (χ0v) is 26.0. The Morgan fingerprint density at radius 3 is 2.37 bits per heavy atom. The molecule has 5 rings (SSSR count). The average Bonchev–Trinajstić information content (AvgIpc) is 3.29. The zero-order chi connectivity index (χ0) is 33.6. The lowest BCUT2D eigenvalue weighted by Gasteiger charge is -2.35. The topological polar surface area (TPSA) is 122 Å². The highest BCUT2D eigenvalue weighted by molar-refractivity contribution is 7.92. The Labute approximate surface area is 262 Å². The van der Waals surface area contributed by atoms with Crippen molar-refractivity contribution in [2.45, 2.75) is 50.1 Å². The third-order valence-corrected chi connectivity index (χ3v) is 10.5. The van der Waals surface area contributed by atoms with Gasteiger partial charge < -0.3 is 15.0 Å². The first-order valence-electron chi connectivity index (χ1n) is 14.6. The van der Waals surface area contributed by atoms with E-state index in [2.05, 4.69) is 10.3 Å². The summed E-state index contributed by atoms with van der Waals surface area (Å²) in [6, 6.07) is 12.9. The van der Waals surface area contributed by atoms with Gasteiger partial charge in [0.05, 0.1) is 44.7 Å². The SMILES string of the molecule is CCN(c1ccc([C@H]2CCC[C@@H](C(=O)Nc3ccc(C(F)(F)F)cc3F)[C@@H]2C(=O)O)cc1)S(=O)(=O)c1ccc2c(c1)nc(C)n2C. The van der Waals surface area contributed by atoms with Gasteiger partial charge in [0.2, 0.25) is 5.91 Å². The molecule has 2 N–H and O–H groups in total. The van der Waals surface area contributed by atoms with Gasteiger partial charge in [-0.25, -0.2) is 17.8 Å². The summed E-state index contributed by atoms with van der Waals surface area (Å²) in [5.41, 5.74) is 0.578. The molecule has 46 heavy (non-hydrogen) atoms. The van der Waals surface area contributed by atoms with Crippen LogP contribution in [-0.2, 0) is 32.8 Å². The molecule has 244 valence electrons. The predicted octanol–water partition coefficient (Wildman–Crippen LogP) is 6.48. The van der Waals surface area contributed by atoms with Crippen LogP contribution < -0.4 is 9.62 Å². The van der Waals surface area contributed by atoms with E-state index in [0.717, 1.165) is 17.4 Å². The minimum atomic E-state index is -4.77. The normalized spacial score (nSPS) is 18.8. The number of carbonyl (C=O) groups excluding carboxylic acids is 1. The van der Waals surface area contributed by atoms with Crippen molar-refractivity contribution in [2.75, 3.05) is 16.2 Å². The van der Waals surface area contributed by atoms with Crippen LogP contribution in [-0.4, -0.2) is 41.5 Å². The van der Waals surface area contributed by atoms with Crippen LogP contribution in [0.5, 0.6) is 0 Å². The molecule has 1 amide bonds. The van der Waals surface area contributed by atoms with E-state index >= 15 is 0 Å². The number of carbonyl (C=O) groups is 2. The number of hydrogen-bond donors (Lipinski definition) is 2. The number of rotatable bonds is 8. The summed E-state index contributed by atoms with van der Waals surface area (Å²) in [5.74, 6) is -5.54. The number of fused-ring (bicyclic) bond motifs is 1. The molecule has 1 aliphatic rings. The van der Waals surface area contributed by atoms with Crippen LogP contribution in [0.25, 0.3) is 11.0 Å². The number of sulfonamides is 1. The van der Waals surface area contributed by atoms with E-state index in [0.29, 0.717) is 35.7 Å². The molecule has 1 aliphatic carbocycles. The molecule has 9 nitrogen and oxygen atoms in total. The van der Waals surface area contributed by atoms with E-state index in [9.17, 15) is 40.7 Å². The number of hydrogen-bond acceptors (Lipinski definition) is 5. The fourth-order valence-electron chi connectivity index (χ4n) is 6.19. The van der Waals surface area contributed by atoms with Crippen molar-refractivity contribution in [3.05, 3.63) is 83.4 Å². The molecule has 1 saturated carbocycles. The van der Waals surface area contributed by atoms with Crippen LogP contribution in [0, 0.1) is 24.6 Å². The van der Waals surface area contributed by atoms with Crippen molar-refractivity contribution in [3.63, 3.8) is 0 Å². The van der Waals surface area contributed by atoms with E-state index in [1.54, 1.807) is 37.3 Å². The van der Waals surface area contributed by atoms with E-state index in [-0.39, 0.29) is 23.9 Å². The van der Waals surface area contributed by atoms with Gasteiger partial charge >= 0.3 is 12.1 Å². The number of carboxylic acid groups (broad SMARTS) is 1. The smallest absolute Gasteiger partial charge is 0.416 e. The monoisotopic (exact) mass is 660 g/mol. The summed E-state index contributed by atoms with van der Waals surface area (Å²) in [5, 5.41) is 12.4. The molecule has 1 heterocycles. The van der Waals surface area contributed by atoms with Gasteiger partial charge in [-0.1, -0.05) is 18.6 Å². The minimum Gasteiger partial charge on any atom is -0.481 e. The largest absolute Gasteiger partial charge is 0.481 e. The van der Waals surface area contributed by atoms with Crippen molar-refractivity contribution in [2.24, 2.45) is 18.9 Å². The molecule has 3 aromatic carbocycles. The lowest BCUT2D eigenvalue weighted by molar-refractivity contribution is -0.148. The maximum absolute atomic E-state index is 14.4. The highest BCUT2D eigenvalue weighted by Gasteiger charge is 2.43. The second-order valence-electron chi connectivity index (χ2n) is 11.3. The number of halogens is 4. The Hall–Kier alpha value is -4.46. The molecular formula is C32H32F4N4O5S. The van der Waals surface area contributed by atoms with Crippen molar-refractivity contribution in [3.8, 4) is 0 Å². The van der Waals surface area contributed by atoms with Crippen LogP contribution in [0.2, 0.25) is 0 Å². The molecule has 4 aromatic rings. The number of aliphatic carboxylic acids is 1. The highest BCUT2D eigenvalue weighted by atomic mass is 32.2. The maximum atomic E-state index is 14.4. The van der Waals surface area contributed by atoms with Crippen LogP contribution >= 0.6 is 0 Å². The lowest BCUT2D eigenvalue weighted by atomic mass is 9.69. The molecular weight excluding hydrogens is 628 g/mol. The molecule has 0 bridgehead atoms. The number of aryl methyl sites for hydroxylation is 2. The number of nitrogens with zero attached hydrogens (tertiary/aromatic N) is 3. The van der Waals surface area contributed by atoms with Crippen molar-refractivity contribution in [1.82, 2.24) is 9.55 Å². The minimum absolute atomic E-state index is 0.0700. The number of benzene rings is 3. The van der Waals surface area contributed by atoms with Crippen molar-refractivity contribution < 1.29 is 40.7 Å². The fourth-order valence-corrected chi connectivity index (χ4v) is 7.69. The van der Waals surface area contributed by atoms with Crippen LogP contribution in [0.3, 0.4) is 0 Å². The van der Waals surface area contributed by atoms with Crippen molar-refractivity contribution >= 4 is 44.3 Å². The van der Waals surface area contributed by atoms with Gasteiger partial charge in [-0.15, -0.1) is 0 Å². The Kier molecular flexibility index (Phi) is 8.86. The Morgan fingerprint density at radius 1 is 1.07 bits per heavy atom. The molecule has 0 aliphatic heterocycles. The van der Waals surface area contributed by atoms with Gasteiger partial charge in [0.25, 0.3) is 10.0 Å². The number of amides is 1. The molecule has 0 saturated heterocycles. The van der Waals surface area contributed by atoms with Crippen LogP contribution in [0.15, 0.2) is 65.6 Å². The first-order valence-corrected chi connectivity index (χ1v) is 16.0. The van der Waals surface area contributed by atoms with E-state index < -0.39 is 62.9 Å². The van der Waals surface area contributed by atoms with Crippen LogP contribution in [0.1, 0.15) is 49.1 Å². The third kappa shape index (κ3) is 6.17. The standard InChI is InChI=1S/C32H32F4N4O5S/c1-4-40(46(44,45)22-13-15-28-27(17-22)37-18(2)39(28)3)21-11-8-19(9-12-21)23-6-5-7-24(29(23)31(42)43)30(41)38-26-14-10-20(16-25(26)33)32(34,35)36/h8-17,23-24,29H,4-7H2,1-3H3,(H,38,41)(H,42,43)/t23-,24-,29-/m1/s1. The quantitative estimate of drug-likeness (QED) is 0.209. The number of alkyl halides is 3. The Bertz CT molecular complexity index is 1910. The number of carboxylic acids is 1. The van der Waals surface area contributed by atoms with Gasteiger partial charge in [0.1, 0.15) is 11.6 Å². The maximum Gasteiger partial charge on any atom is 0.416 e. The molecule has 14 heteroatoms. The molecule has 3 atom stereocenters. The summed E-state index contributed by atoms with van der Waals surface area (Å²) in [6.45, 7) is 3.63. The summed E-state index contributed by atoms with van der Waals surface area (Å²) in [7, 11) is -2.14. The second kappa shape index (κ2) is 12.4. The number of anilines is 2. The fraction of sp³-hybridized carbons (Fsp3) is 0.344. The highest BCUT2D eigenvalue weighted by Crippen LogP contribution is 2.43. The number of nitrogens with one attached hydrogen (secondary N) is 1. The van der Waals surface area contributed by atoms with Gasteiger partial charge in [-0.3, -0.25) is 13.9 Å². The van der Waals surface area contributed by atoms with Gasteiger partial charge in [0.15, 0.2) is 0 Å². The average molecular weight is 661 g/mol. The summed E-state index contributed by atoms with van der Waals surface area (Å²) in [4.78, 5) is 30.2. The molecule has 0 unspecified atom stereocenters. The molecule has 1 aromatic heterocycles. The zero-order valence-electron chi connectivity index (χ0n) is 25.2. The first-order chi connectivity index (χ1) is 21.6. The van der Waals surface area contributed by atoms with E-state index in [1.165, 1.54) is 16.4 Å². The second-order valence-corrected chi connectivity index (χ2v) is 13.2. The first kappa shape index (κ1) is 32.9. The lowest BCUT2D eigenvalue weighted by Crippen LogP contribution is -2.40. The Balaban J connectivity index is 1.38. The summed E-state index contributed by atoms with van der Waals surface area (Å²) in [6.07, 6.45) is -3.69. The summed E-state index contributed by atoms with van der Waals surface area (Å²) < 4.78 is 83.7. The predicted molar refractivity (Wildman–Crippen MR) is 163 cm³/mol. The number of aromatic nitrogens is 2. The molecule has 0 radical (unpaired) electrons. The summed E-state index contributed by atoms with van der Waals surface area (Å²) >= 11 is 0. The van der Waals surface area contributed by atoms with Crippen molar-refractivity contribution in [1.29, 1.82) is 0 Å². The Morgan fingerprint density at radius 2 is 1.76 bits per heavy atom. The molecule has 0 spiro atoms. The third-order valence-electron chi connectivity index (χ3n) is 8.63. The molecule has 1 fully saturated rings. The number of imidazole rings is 1. The van der Waals surface area contributed by atoms with E-state index in [4.69, 9.17) is 0 Å². The van der Waals surface area contributed by atoms with Crippen LogP contribution in [0.4, 0.5) is 28.9 Å². The van der Waals surface area contributed by atoms with Gasteiger partial charge in [-0.05, 0) is 86.7 Å². The van der Waals surface area contributed by atoms with E-state index in [1.807, 2.05) is 18.5 Å².